The number of ether oxygens (including phenoxy) is 1. The molecule has 0 N–H and O–H groups in total. The summed E-state index contributed by atoms with van der Waals surface area (Å²) in [6.07, 6.45) is 2.01. The maximum absolute atomic E-state index is 13.2. The summed E-state index contributed by atoms with van der Waals surface area (Å²) >= 11 is 3.27. The normalized spacial score (nSPS) is 10.8. The predicted molar refractivity (Wildman–Crippen MR) is 94.6 cm³/mol. The molecule has 7 heteroatoms. The van der Waals surface area contributed by atoms with Crippen molar-refractivity contribution in [3.8, 4) is 16.3 Å². The van der Waals surface area contributed by atoms with E-state index in [-0.39, 0.29) is 18.1 Å². The molecule has 0 aliphatic rings. The van der Waals surface area contributed by atoms with E-state index >= 15 is 0 Å². The van der Waals surface area contributed by atoms with Crippen LogP contribution in [0.25, 0.3) is 16.3 Å². The monoisotopic (exact) mass is 362 g/mol. The third-order valence-corrected chi connectivity index (χ3v) is 5.49. The average Bonchev–Trinajstić information content (AvgIpc) is 3.22. The van der Waals surface area contributed by atoms with Crippen molar-refractivity contribution in [2.45, 2.75) is 11.1 Å². The third-order valence-electron chi connectivity index (χ3n) is 3.30. The second kappa shape index (κ2) is 7.19. The van der Waals surface area contributed by atoms with Gasteiger partial charge in [0.1, 0.15) is 5.82 Å². The first-order valence-electron chi connectivity index (χ1n) is 7.29. The van der Waals surface area contributed by atoms with Crippen molar-refractivity contribution < 1.29 is 13.9 Å². The lowest BCUT2D eigenvalue weighted by Crippen LogP contribution is -2.06. The second-order valence-electron chi connectivity index (χ2n) is 4.85. The van der Waals surface area contributed by atoms with Crippen LogP contribution >= 0.6 is 23.1 Å². The van der Waals surface area contributed by atoms with Gasteiger partial charge in [0, 0.05) is 6.07 Å². The molecule has 0 fully saturated rings. The van der Waals surface area contributed by atoms with E-state index in [1.807, 2.05) is 18.4 Å². The van der Waals surface area contributed by atoms with Gasteiger partial charge in [-0.05, 0) is 49.6 Å². The van der Waals surface area contributed by atoms with Gasteiger partial charge in [0.2, 0.25) is 0 Å². The lowest BCUT2D eigenvalue weighted by atomic mass is 10.2. The van der Waals surface area contributed by atoms with Crippen molar-refractivity contribution in [3.63, 3.8) is 0 Å². The number of halogens is 1. The Hall–Kier alpha value is -2.12. The van der Waals surface area contributed by atoms with E-state index in [1.54, 1.807) is 52.9 Å². The van der Waals surface area contributed by atoms with Crippen LogP contribution in [0.5, 0.6) is 0 Å². The van der Waals surface area contributed by atoms with Gasteiger partial charge < -0.3 is 4.74 Å². The summed E-state index contributed by atoms with van der Waals surface area (Å²) in [5.74, 6) is -0.792. The third kappa shape index (κ3) is 3.37. The van der Waals surface area contributed by atoms with Crippen LogP contribution in [0.3, 0.4) is 0 Å². The highest BCUT2D eigenvalue weighted by Crippen LogP contribution is 2.34. The first kappa shape index (κ1) is 16.7. The minimum Gasteiger partial charge on any atom is -0.461 e. The molecule has 3 rings (SSSR count). The molecule has 0 bridgehead atoms. The molecule has 0 unspecified atom stereocenters. The van der Waals surface area contributed by atoms with Gasteiger partial charge in [-0.25, -0.2) is 13.9 Å². The molecule has 0 spiro atoms. The molecule has 4 nitrogen and oxygen atoms in total. The number of hydrogen-bond donors (Lipinski definition) is 0. The quantitative estimate of drug-likeness (QED) is 0.490. The van der Waals surface area contributed by atoms with E-state index < -0.39 is 5.97 Å². The van der Waals surface area contributed by atoms with Gasteiger partial charge in [-0.1, -0.05) is 0 Å². The summed E-state index contributed by atoms with van der Waals surface area (Å²) in [5, 5.41) is 4.36. The fraction of sp³-hybridized carbons (Fsp3) is 0.176. The molecule has 3 aromatic rings. The van der Waals surface area contributed by atoms with Crippen molar-refractivity contribution in [2.24, 2.45) is 0 Å². The van der Waals surface area contributed by atoms with Crippen molar-refractivity contribution in [1.29, 1.82) is 0 Å². The first-order valence-corrected chi connectivity index (χ1v) is 9.34. The van der Waals surface area contributed by atoms with Crippen LogP contribution in [0, 0.1) is 5.82 Å². The van der Waals surface area contributed by atoms with E-state index in [2.05, 4.69) is 5.10 Å². The number of benzene rings is 1. The number of hydrogen-bond acceptors (Lipinski definition) is 5. The van der Waals surface area contributed by atoms with Crippen LogP contribution in [0.15, 0.2) is 46.7 Å². The number of rotatable bonds is 5. The molecule has 0 saturated heterocycles. The van der Waals surface area contributed by atoms with E-state index in [9.17, 15) is 9.18 Å². The van der Waals surface area contributed by atoms with Gasteiger partial charge in [0.15, 0.2) is 5.69 Å². The van der Waals surface area contributed by atoms with Gasteiger partial charge in [-0.3, -0.25) is 0 Å². The number of carbonyl (C=O) groups excluding carboxylic acids is 1. The zero-order valence-electron chi connectivity index (χ0n) is 13.2. The SMILES string of the molecule is CCOC(=O)c1cc(-c2ccc(SC)s2)n(-c2ccc(F)cc2)n1. The summed E-state index contributed by atoms with van der Waals surface area (Å²) in [6, 6.07) is 11.7. The Morgan fingerprint density at radius 1 is 1.29 bits per heavy atom. The van der Waals surface area contributed by atoms with E-state index in [4.69, 9.17) is 4.74 Å². The molecule has 0 aliphatic carbocycles. The van der Waals surface area contributed by atoms with Gasteiger partial charge >= 0.3 is 5.97 Å². The van der Waals surface area contributed by atoms with Gasteiger partial charge in [0.05, 0.1) is 27.1 Å². The minimum absolute atomic E-state index is 0.232. The van der Waals surface area contributed by atoms with E-state index in [0.717, 1.165) is 14.8 Å². The first-order chi connectivity index (χ1) is 11.6. The summed E-state index contributed by atoms with van der Waals surface area (Å²) in [7, 11) is 0. The highest BCUT2D eigenvalue weighted by atomic mass is 32.2. The lowest BCUT2D eigenvalue weighted by Gasteiger charge is -2.05. The number of thioether (sulfide) groups is 1. The molecule has 0 atom stereocenters. The highest BCUT2D eigenvalue weighted by Gasteiger charge is 2.18. The maximum atomic E-state index is 13.2. The second-order valence-corrected chi connectivity index (χ2v) is 7.04. The number of esters is 1. The van der Waals surface area contributed by atoms with Crippen LogP contribution in [-0.2, 0) is 4.74 Å². The zero-order valence-corrected chi connectivity index (χ0v) is 14.8. The van der Waals surface area contributed by atoms with Gasteiger partial charge in [0.25, 0.3) is 0 Å². The number of nitrogens with zero attached hydrogens (tertiary/aromatic N) is 2. The highest BCUT2D eigenvalue weighted by molar-refractivity contribution is 8.00. The van der Waals surface area contributed by atoms with Gasteiger partial charge in [-0.2, -0.15) is 5.10 Å². The lowest BCUT2D eigenvalue weighted by molar-refractivity contribution is 0.0519. The predicted octanol–water partition coefficient (Wildman–Crippen LogP) is 4.64. The Balaban J connectivity index is 2.10. The molecule has 1 aromatic carbocycles. The van der Waals surface area contributed by atoms with Crippen molar-refractivity contribution in [1.82, 2.24) is 9.78 Å². The van der Waals surface area contributed by atoms with Crippen LogP contribution in [0.2, 0.25) is 0 Å². The topological polar surface area (TPSA) is 44.1 Å². The number of carbonyl (C=O) groups is 1. The minimum atomic E-state index is -0.471. The Morgan fingerprint density at radius 3 is 2.67 bits per heavy atom. The fourth-order valence-electron chi connectivity index (χ4n) is 2.21. The summed E-state index contributed by atoms with van der Waals surface area (Å²) < 4.78 is 21.0. The standard InChI is InChI=1S/C17H15FN2O2S2/c1-3-22-17(21)13-10-14(15-8-9-16(23-2)24-15)20(19-13)12-6-4-11(18)5-7-12/h4-10H,3H2,1-2H3. The van der Waals surface area contributed by atoms with E-state index in [0.29, 0.717) is 5.69 Å². The molecule has 24 heavy (non-hydrogen) atoms. The maximum Gasteiger partial charge on any atom is 0.358 e. The van der Waals surface area contributed by atoms with Crippen molar-refractivity contribution >= 4 is 29.1 Å². The molecule has 124 valence electrons. The zero-order chi connectivity index (χ0) is 17.1. The van der Waals surface area contributed by atoms with Crippen LogP contribution in [-0.4, -0.2) is 28.6 Å². The molecule has 0 saturated carbocycles. The molecular weight excluding hydrogens is 347 g/mol. The molecular formula is C17H15FN2O2S2. The summed E-state index contributed by atoms with van der Waals surface area (Å²) in [6.45, 7) is 2.03. The summed E-state index contributed by atoms with van der Waals surface area (Å²) in [4.78, 5) is 13.0. The van der Waals surface area contributed by atoms with Crippen LogP contribution in [0.1, 0.15) is 17.4 Å². The largest absolute Gasteiger partial charge is 0.461 e. The van der Waals surface area contributed by atoms with Crippen LogP contribution < -0.4 is 0 Å². The Morgan fingerprint density at radius 2 is 2.04 bits per heavy atom. The Kier molecular flexibility index (Phi) is 5.01. The van der Waals surface area contributed by atoms with Crippen LogP contribution in [0.4, 0.5) is 4.39 Å². The van der Waals surface area contributed by atoms with E-state index in [1.165, 1.54) is 12.1 Å². The van der Waals surface area contributed by atoms with Crippen molar-refractivity contribution in [3.05, 3.63) is 54.0 Å². The molecule has 0 radical (unpaired) electrons. The fourth-order valence-corrected chi connectivity index (χ4v) is 3.75. The molecule has 2 heterocycles. The number of thiophene rings is 1. The van der Waals surface area contributed by atoms with Crippen molar-refractivity contribution in [2.75, 3.05) is 12.9 Å². The van der Waals surface area contributed by atoms with Gasteiger partial charge in [-0.15, -0.1) is 23.1 Å². The molecule has 0 aliphatic heterocycles. The molecule has 0 amide bonds. The Bertz CT molecular complexity index is 856. The number of aromatic nitrogens is 2. The smallest absolute Gasteiger partial charge is 0.358 e. The molecule has 2 aromatic heterocycles. The Labute approximate surface area is 147 Å². The average molecular weight is 362 g/mol. The summed E-state index contributed by atoms with van der Waals surface area (Å²) in [5.41, 5.74) is 1.69.